The highest BCUT2D eigenvalue weighted by Gasteiger charge is 2.21. The SMILES string of the molecule is Cc1ccc(-n2c(=O)[nH]c3sc(C(=O)OCc4ccccc4)c(C)c3c2=O)cc1. The Morgan fingerprint density at radius 1 is 1.03 bits per heavy atom. The van der Waals surface area contributed by atoms with Crippen molar-refractivity contribution in [2.24, 2.45) is 0 Å². The number of rotatable bonds is 4. The molecule has 146 valence electrons. The van der Waals surface area contributed by atoms with Gasteiger partial charge in [0.25, 0.3) is 5.56 Å². The van der Waals surface area contributed by atoms with Crippen LogP contribution in [0.2, 0.25) is 0 Å². The fourth-order valence-corrected chi connectivity index (χ4v) is 4.21. The number of nitrogens with zero attached hydrogens (tertiary/aromatic N) is 1. The number of aromatic nitrogens is 2. The van der Waals surface area contributed by atoms with Crippen molar-refractivity contribution in [3.8, 4) is 5.69 Å². The van der Waals surface area contributed by atoms with E-state index >= 15 is 0 Å². The lowest BCUT2D eigenvalue weighted by atomic mass is 10.2. The van der Waals surface area contributed by atoms with Gasteiger partial charge < -0.3 is 4.74 Å². The molecule has 1 N–H and O–H groups in total. The van der Waals surface area contributed by atoms with Crippen LogP contribution in [0.3, 0.4) is 0 Å². The van der Waals surface area contributed by atoms with Crippen molar-refractivity contribution in [1.29, 1.82) is 0 Å². The molecule has 2 heterocycles. The maximum absolute atomic E-state index is 13.1. The van der Waals surface area contributed by atoms with Crippen molar-refractivity contribution < 1.29 is 9.53 Å². The molecule has 0 aliphatic rings. The number of carbonyl (C=O) groups is 1. The Balaban J connectivity index is 1.74. The molecule has 0 bridgehead atoms. The monoisotopic (exact) mass is 406 g/mol. The summed E-state index contributed by atoms with van der Waals surface area (Å²) in [6, 6.07) is 16.4. The lowest BCUT2D eigenvalue weighted by Crippen LogP contribution is -2.33. The number of fused-ring (bicyclic) bond motifs is 1. The number of benzene rings is 2. The van der Waals surface area contributed by atoms with Gasteiger partial charge in [0.05, 0.1) is 11.1 Å². The van der Waals surface area contributed by atoms with E-state index in [1.165, 1.54) is 0 Å². The summed E-state index contributed by atoms with van der Waals surface area (Å²) in [6.45, 7) is 3.75. The first-order valence-corrected chi connectivity index (χ1v) is 9.84. The predicted molar refractivity (Wildman–Crippen MR) is 113 cm³/mol. The lowest BCUT2D eigenvalue weighted by molar-refractivity contribution is 0.0478. The number of hydrogen-bond donors (Lipinski definition) is 1. The number of nitrogens with one attached hydrogen (secondary N) is 1. The minimum absolute atomic E-state index is 0.136. The average molecular weight is 406 g/mol. The van der Waals surface area contributed by atoms with E-state index in [9.17, 15) is 14.4 Å². The van der Waals surface area contributed by atoms with E-state index < -0.39 is 17.2 Å². The Bertz CT molecular complexity index is 1320. The van der Waals surface area contributed by atoms with Crippen LogP contribution in [0.4, 0.5) is 0 Å². The molecular formula is C22H18N2O4S. The minimum Gasteiger partial charge on any atom is -0.457 e. The second-order valence-electron chi connectivity index (χ2n) is 6.73. The molecule has 0 aliphatic carbocycles. The second-order valence-corrected chi connectivity index (χ2v) is 7.75. The molecule has 0 atom stereocenters. The molecule has 0 saturated carbocycles. The number of esters is 1. The molecule has 0 fully saturated rings. The van der Waals surface area contributed by atoms with Gasteiger partial charge in [-0.25, -0.2) is 14.2 Å². The van der Waals surface area contributed by atoms with Crippen LogP contribution in [-0.2, 0) is 11.3 Å². The highest BCUT2D eigenvalue weighted by atomic mass is 32.1. The maximum atomic E-state index is 13.1. The third kappa shape index (κ3) is 3.52. The van der Waals surface area contributed by atoms with E-state index in [0.29, 0.717) is 26.3 Å². The van der Waals surface area contributed by atoms with Crippen molar-refractivity contribution in [2.45, 2.75) is 20.5 Å². The van der Waals surface area contributed by atoms with Gasteiger partial charge in [0.2, 0.25) is 0 Å². The summed E-state index contributed by atoms with van der Waals surface area (Å²) < 4.78 is 6.48. The number of carbonyl (C=O) groups excluding carboxylic acids is 1. The summed E-state index contributed by atoms with van der Waals surface area (Å²) in [5.74, 6) is -0.519. The normalized spacial score (nSPS) is 11.0. The van der Waals surface area contributed by atoms with Crippen molar-refractivity contribution >= 4 is 27.5 Å². The van der Waals surface area contributed by atoms with Crippen molar-refractivity contribution in [3.63, 3.8) is 0 Å². The van der Waals surface area contributed by atoms with E-state index in [1.54, 1.807) is 19.1 Å². The molecule has 0 radical (unpaired) electrons. The Hall–Kier alpha value is -3.45. The minimum atomic E-state index is -0.545. The predicted octanol–water partition coefficient (Wildman–Crippen LogP) is 3.71. The van der Waals surface area contributed by atoms with Gasteiger partial charge in [0.15, 0.2) is 0 Å². The molecule has 4 rings (SSSR count). The molecule has 0 saturated heterocycles. The number of thiophene rings is 1. The first kappa shape index (κ1) is 18.9. The van der Waals surface area contributed by atoms with E-state index in [2.05, 4.69) is 4.98 Å². The third-order valence-electron chi connectivity index (χ3n) is 4.68. The Morgan fingerprint density at radius 3 is 2.41 bits per heavy atom. The van der Waals surface area contributed by atoms with E-state index in [1.807, 2.05) is 49.4 Å². The molecular weight excluding hydrogens is 388 g/mol. The molecule has 4 aromatic rings. The lowest BCUT2D eigenvalue weighted by Gasteiger charge is -2.05. The van der Waals surface area contributed by atoms with Crippen LogP contribution in [0.5, 0.6) is 0 Å². The number of aromatic amines is 1. The Kier molecular flexibility index (Phi) is 4.90. The van der Waals surface area contributed by atoms with Gasteiger partial charge in [0, 0.05) is 0 Å². The van der Waals surface area contributed by atoms with Crippen molar-refractivity contribution in [1.82, 2.24) is 9.55 Å². The zero-order valence-electron chi connectivity index (χ0n) is 15.9. The zero-order chi connectivity index (χ0) is 20.5. The molecule has 6 nitrogen and oxygen atoms in total. The third-order valence-corrected chi connectivity index (χ3v) is 5.86. The number of hydrogen-bond acceptors (Lipinski definition) is 5. The van der Waals surface area contributed by atoms with Gasteiger partial charge in [0.1, 0.15) is 16.3 Å². The van der Waals surface area contributed by atoms with Gasteiger partial charge in [-0.2, -0.15) is 0 Å². The molecule has 0 unspecified atom stereocenters. The smallest absolute Gasteiger partial charge is 0.349 e. The highest BCUT2D eigenvalue weighted by molar-refractivity contribution is 7.20. The highest BCUT2D eigenvalue weighted by Crippen LogP contribution is 2.27. The zero-order valence-corrected chi connectivity index (χ0v) is 16.7. The van der Waals surface area contributed by atoms with E-state index in [0.717, 1.165) is 27.0 Å². The summed E-state index contributed by atoms with van der Waals surface area (Å²) in [4.78, 5) is 41.6. The van der Waals surface area contributed by atoms with Crippen molar-refractivity contribution in [2.75, 3.05) is 0 Å². The van der Waals surface area contributed by atoms with Gasteiger partial charge in [-0.15, -0.1) is 11.3 Å². The van der Waals surface area contributed by atoms with E-state index in [-0.39, 0.29) is 6.61 Å². The van der Waals surface area contributed by atoms with Crippen LogP contribution in [0, 0.1) is 13.8 Å². The maximum Gasteiger partial charge on any atom is 0.349 e. The standard InChI is InChI=1S/C22H18N2O4S/c1-13-8-10-16(11-9-13)24-20(25)17-14(2)18(29-19(17)23-22(24)27)21(26)28-12-15-6-4-3-5-7-15/h3-11H,12H2,1-2H3,(H,23,27). The van der Waals surface area contributed by atoms with Gasteiger partial charge in [-0.05, 0) is 37.1 Å². The summed E-state index contributed by atoms with van der Waals surface area (Å²) in [7, 11) is 0. The average Bonchev–Trinajstić information content (AvgIpc) is 3.04. The fraction of sp³-hybridized carbons (Fsp3) is 0.136. The molecule has 0 aliphatic heterocycles. The number of ether oxygens (including phenoxy) is 1. The van der Waals surface area contributed by atoms with Gasteiger partial charge in [-0.1, -0.05) is 48.0 Å². The summed E-state index contributed by atoms with van der Waals surface area (Å²) in [5.41, 5.74) is 1.87. The fourth-order valence-electron chi connectivity index (χ4n) is 3.13. The number of aryl methyl sites for hydroxylation is 2. The molecule has 2 aromatic heterocycles. The Morgan fingerprint density at radius 2 is 1.72 bits per heavy atom. The largest absolute Gasteiger partial charge is 0.457 e. The van der Waals surface area contributed by atoms with E-state index in [4.69, 9.17) is 4.74 Å². The van der Waals surface area contributed by atoms with Crippen LogP contribution in [0.15, 0.2) is 64.2 Å². The topological polar surface area (TPSA) is 81.2 Å². The second kappa shape index (κ2) is 7.52. The first-order valence-electron chi connectivity index (χ1n) is 9.02. The van der Waals surface area contributed by atoms with Crippen molar-refractivity contribution in [3.05, 3.63) is 97.0 Å². The van der Waals surface area contributed by atoms with Crippen LogP contribution in [-0.4, -0.2) is 15.5 Å². The first-order chi connectivity index (χ1) is 14.0. The molecule has 0 amide bonds. The van der Waals surface area contributed by atoms with Crippen LogP contribution < -0.4 is 11.2 Å². The molecule has 29 heavy (non-hydrogen) atoms. The quantitative estimate of drug-likeness (QED) is 0.524. The van der Waals surface area contributed by atoms with Crippen LogP contribution in [0.25, 0.3) is 15.9 Å². The summed E-state index contributed by atoms with van der Waals surface area (Å²) >= 11 is 1.06. The van der Waals surface area contributed by atoms with Gasteiger partial charge in [-0.3, -0.25) is 9.78 Å². The van der Waals surface area contributed by atoms with Crippen LogP contribution >= 0.6 is 11.3 Å². The number of H-pyrrole nitrogens is 1. The summed E-state index contributed by atoms with van der Waals surface area (Å²) in [6.07, 6.45) is 0. The Labute approximate surface area is 170 Å². The summed E-state index contributed by atoms with van der Waals surface area (Å²) in [5, 5.41) is 0.321. The molecule has 2 aromatic carbocycles. The molecule has 0 spiro atoms. The van der Waals surface area contributed by atoms with Crippen LogP contribution in [0.1, 0.15) is 26.4 Å². The van der Waals surface area contributed by atoms with Gasteiger partial charge >= 0.3 is 11.7 Å². The molecule has 7 heteroatoms.